The summed E-state index contributed by atoms with van der Waals surface area (Å²) in [6.07, 6.45) is 3.68. The molecular formula is C24H22ClFN4O3. The lowest BCUT2D eigenvalue weighted by atomic mass is 9.87. The molecular weight excluding hydrogens is 447 g/mol. The van der Waals surface area contributed by atoms with Crippen LogP contribution >= 0.6 is 11.6 Å². The van der Waals surface area contributed by atoms with Gasteiger partial charge in [-0.05, 0) is 61.2 Å². The fraction of sp³-hybridized carbons (Fsp3) is 0.292. The minimum Gasteiger partial charge on any atom is -0.351 e. The second-order valence-electron chi connectivity index (χ2n) is 8.19. The zero-order valence-electron chi connectivity index (χ0n) is 18.1. The summed E-state index contributed by atoms with van der Waals surface area (Å²) in [4.78, 5) is 41.6. The van der Waals surface area contributed by atoms with Gasteiger partial charge in [-0.2, -0.15) is 9.49 Å². The number of hydrogen-bond donors (Lipinski definition) is 1. The van der Waals surface area contributed by atoms with Crippen LogP contribution in [0.1, 0.15) is 45.9 Å². The SMILES string of the molecule is Cc1cc(-n2cc(Cl)cn2)cc(C)c1C1C(=O)CC(CCNC(=O)c2cccc(F)n2)C1=O. The van der Waals surface area contributed by atoms with Gasteiger partial charge in [0.2, 0.25) is 5.95 Å². The number of benzene rings is 1. The van der Waals surface area contributed by atoms with Gasteiger partial charge in [-0.15, -0.1) is 0 Å². The van der Waals surface area contributed by atoms with E-state index >= 15 is 0 Å². The molecule has 7 nitrogen and oxygen atoms in total. The molecule has 1 aliphatic carbocycles. The summed E-state index contributed by atoms with van der Waals surface area (Å²) < 4.78 is 14.8. The van der Waals surface area contributed by atoms with Crippen molar-refractivity contribution in [3.8, 4) is 5.69 Å². The van der Waals surface area contributed by atoms with Crippen LogP contribution in [0.4, 0.5) is 4.39 Å². The van der Waals surface area contributed by atoms with Gasteiger partial charge < -0.3 is 5.32 Å². The Morgan fingerprint density at radius 3 is 2.61 bits per heavy atom. The molecule has 0 bridgehead atoms. The van der Waals surface area contributed by atoms with E-state index in [9.17, 15) is 18.8 Å². The van der Waals surface area contributed by atoms with Crippen molar-refractivity contribution in [2.75, 3.05) is 6.54 Å². The molecule has 1 aliphatic rings. The molecule has 1 amide bonds. The second kappa shape index (κ2) is 9.23. The van der Waals surface area contributed by atoms with Crippen molar-refractivity contribution in [2.45, 2.75) is 32.6 Å². The smallest absolute Gasteiger partial charge is 0.269 e. The van der Waals surface area contributed by atoms with Crippen molar-refractivity contribution in [3.05, 3.63) is 76.1 Å². The summed E-state index contributed by atoms with van der Waals surface area (Å²) in [6, 6.07) is 7.72. The van der Waals surface area contributed by atoms with Crippen LogP contribution in [-0.4, -0.2) is 38.8 Å². The third-order valence-electron chi connectivity index (χ3n) is 5.87. The molecule has 2 aromatic heterocycles. The Hall–Kier alpha value is -3.39. The summed E-state index contributed by atoms with van der Waals surface area (Å²) in [5.41, 5.74) is 3.14. The zero-order valence-corrected chi connectivity index (χ0v) is 18.9. The second-order valence-corrected chi connectivity index (χ2v) is 8.63. The van der Waals surface area contributed by atoms with E-state index in [-0.39, 0.29) is 30.2 Å². The highest BCUT2D eigenvalue weighted by molar-refractivity contribution is 6.30. The lowest BCUT2D eigenvalue weighted by Gasteiger charge is -2.17. The van der Waals surface area contributed by atoms with E-state index in [1.807, 2.05) is 26.0 Å². The van der Waals surface area contributed by atoms with E-state index in [0.29, 0.717) is 11.4 Å². The maximum atomic E-state index is 13.2. The lowest BCUT2D eigenvalue weighted by Crippen LogP contribution is -2.28. The van der Waals surface area contributed by atoms with Gasteiger partial charge in [0.15, 0.2) is 5.78 Å². The van der Waals surface area contributed by atoms with E-state index in [2.05, 4.69) is 15.4 Å². The normalized spacial score (nSPS) is 18.1. The third-order valence-corrected chi connectivity index (χ3v) is 6.06. The topological polar surface area (TPSA) is 93.9 Å². The number of aromatic nitrogens is 3. The number of amides is 1. The summed E-state index contributed by atoms with van der Waals surface area (Å²) in [5, 5.41) is 7.36. The third kappa shape index (κ3) is 4.71. The van der Waals surface area contributed by atoms with Crippen LogP contribution in [0, 0.1) is 25.7 Å². The highest BCUT2D eigenvalue weighted by Crippen LogP contribution is 2.37. The van der Waals surface area contributed by atoms with Crippen LogP contribution < -0.4 is 5.32 Å². The van der Waals surface area contributed by atoms with Gasteiger partial charge in [0.25, 0.3) is 5.91 Å². The number of pyridine rings is 1. The molecule has 0 aliphatic heterocycles. The van der Waals surface area contributed by atoms with E-state index in [1.165, 1.54) is 18.3 Å². The average Bonchev–Trinajstić information content (AvgIpc) is 3.31. The Balaban J connectivity index is 1.45. The van der Waals surface area contributed by atoms with Crippen LogP contribution in [0.5, 0.6) is 0 Å². The Labute approximate surface area is 195 Å². The summed E-state index contributed by atoms with van der Waals surface area (Å²) in [6.45, 7) is 3.93. The largest absolute Gasteiger partial charge is 0.351 e. The number of ketones is 2. The molecule has 0 radical (unpaired) electrons. The molecule has 1 aromatic carbocycles. The van der Waals surface area contributed by atoms with Gasteiger partial charge in [0, 0.05) is 25.1 Å². The number of halogens is 2. The first-order chi connectivity index (χ1) is 15.7. The van der Waals surface area contributed by atoms with E-state index in [1.54, 1.807) is 10.9 Å². The predicted molar refractivity (Wildman–Crippen MR) is 120 cm³/mol. The van der Waals surface area contributed by atoms with Crippen LogP contribution in [0.3, 0.4) is 0 Å². The molecule has 2 heterocycles. The zero-order chi connectivity index (χ0) is 23.7. The fourth-order valence-electron chi connectivity index (χ4n) is 4.37. The van der Waals surface area contributed by atoms with Crippen molar-refractivity contribution in [1.29, 1.82) is 0 Å². The van der Waals surface area contributed by atoms with Crippen LogP contribution in [0.15, 0.2) is 42.7 Å². The van der Waals surface area contributed by atoms with Gasteiger partial charge in [0.05, 0.1) is 16.9 Å². The molecule has 2 unspecified atom stereocenters. The predicted octanol–water partition coefficient (Wildman–Crippen LogP) is 3.74. The van der Waals surface area contributed by atoms with Crippen molar-refractivity contribution >= 4 is 29.1 Å². The molecule has 9 heteroatoms. The Morgan fingerprint density at radius 2 is 1.97 bits per heavy atom. The van der Waals surface area contributed by atoms with Gasteiger partial charge in [-0.25, -0.2) is 9.67 Å². The first-order valence-corrected chi connectivity index (χ1v) is 10.9. The molecule has 170 valence electrons. The molecule has 1 N–H and O–H groups in total. The Kier molecular flexibility index (Phi) is 6.37. The van der Waals surface area contributed by atoms with Gasteiger partial charge in [-0.1, -0.05) is 17.7 Å². The molecule has 1 saturated carbocycles. The molecule has 4 rings (SSSR count). The maximum absolute atomic E-state index is 13.2. The highest BCUT2D eigenvalue weighted by Gasteiger charge is 2.42. The molecule has 1 fully saturated rings. The number of aryl methyl sites for hydroxylation is 2. The number of nitrogens with one attached hydrogen (secondary N) is 1. The van der Waals surface area contributed by atoms with Crippen LogP contribution in [-0.2, 0) is 9.59 Å². The number of hydrogen-bond acceptors (Lipinski definition) is 5. The summed E-state index contributed by atoms with van der Waals surface area (Å²) in [7, 11) is 0. The molecule has 3 aromatic rings. The maximum Gasteiger partial charge on any atom is 0.269 e. The van der Waals surface area contributed by atoms with E-state index < -0.39 is 23.7 Å². The number of carbonyl (C=O) groups is 3. The summed E-state index contributed by atoms with van der Waals surface area (Å²) >= 11 is 5.96. The number of nitrogens with zero attached hydrogens (tertiary/aromatic N) is 3. The fourth-order valence-corrected chi connectivity index (χ4v) is 4.51. The standard InChI is InChI=1S/C24H22ClFN4O3/c1-13-8-17(30-12-16(25)11-28-30)9-14(2)21(13)22-19(31)10-15(23(22)32)6-7-27-24(33)18-4-3-5-20(26)29-18/h3-5,8-9,11-12,15,22H,6-7,10H2,1-2H3,(H,27,33). The number of Topliss-reactive ketones (excluding diaryl/α,β-unsaturated/α-hetero) is 2. The Bertz CT molecular complexity index is 1230. The molecule has 0 spiro atoms. The van der Waals surface area contributed by atoms with Crippen LogP contribution in [0.2, 0.25) is 5.02 Å². The van der Waals surface area contributed by atoms with Gasteiger partial charge in [0.1, 0.15) is 17.4 Å². The highest BCUT2D eigenvalue weighted by atomic mass is 35.5. The quantitative estimate of drug-likeness (QED) is 0.439. The Morgan fingerprint density at radius 1 is 1.24 bits per heavy atom. The molecule has 33 heavy (non-hydrogen) atoms. The minimum atomic E-state index is -0.814. The molecule has 2 atom stereocenters. The first kappa shape index (κ1) is 22.8. The lowest BCUT2D eigenvalue weighted by molar-refractivity contribution is -0.124. The van der Waals surface area contributed by atoms with Crippen molar-refractivity contribution in [2.24, 2.45) is 5.92 Å². The molecule has 0 saturated heterocycles. The summed E-state index contributed by atoms with van der Waals surface area (Å²) in [5.74, 6) is -2.82. The van der Waals surface area contributed by atoms with E-state index in [4.69, 9.17) is 11.6 Å². The number of rotatable bonds is 6. The van der Waals surface area contributed by atoms with Crippen molar-refractivity contribution in [3.63, 3.8) is 0 Å². The van der Waals surface area contributed by atoms with Crippen molar-refractivity contribution in [1.82, 2.24) is 20.1 Å². The van der Waals surface area contributed by atoms with Gasteiger partial charge >= 0.3 is 0 Å². The van der Waals surface area contributed by atoms with E-state index in [0.717, 1.165) is 28.4 Å². The minimum absolute atomic E-state index is 0.0356. The van der Waals surface area contributed by atoms with Crippen molar-refractivity contribution < 1.29 is 18.8 Å². The van der Waals surface area contributed by atoms with Crippen LogP contribution in [0.25, 0.3) is 5.69 Å². The first-order valence-electron chi connectivity index (χ1n) is 10.5. The average molecular weight is 469 g/mol. The van der Waals surface area contributed by atoms with Gasteiger partial charge in [-0.3, -0.25) is 14.4 Å². The number of carbonyl (C=O) groups excluding carboxylic acids is 3. The monoisotopic (exact) mass is 468 g/mol.